The number of alkyl halides is 2. The molecule has 0 aliphatic carbocycles. The van der Waals surface area contributed by atoms with Gasteiger partial charge in [-0.25, -0.2) is 24.0 Å². The molecule has 9 N–H and O–H groups in total. The molecule has 48 heteroatoms. The molecule has 10 saturated heterocycles. The molecule has 568 valence electrons. The summed E-state index contributed by atoms with van der Waals surface area (Å²) in [5, 5.41) is 55.8. The molecule has 106 heavy (non-hydrogen) atoms. The molecule has 0 saturated carbocycles. The number of aliphatic hydroxyl groups excluding tert-OH is 4. The van der Waals surface area contributed by atoms with E-state index in [1.165, 1.54) is 97.0 Å². The van der Waals surface area contributed by atoms with Gasteiger partial charge < -0.3 is 44.1 Å². The normalized spacial score (nSPS) is 36.4. The first-order valence-electron chi connectivity index (χ1n) is 32.4. The van der Waals surface area contributed by atoms with Crippen molar-refractivity contribution in [3.05, 3.63) is 220 Å². The van der Waals surface area contributed by atoms with E-state index in [2.05, 4.69) is 94.2 Å². The molecule has 10 fully saturated rings. The number of hydrogen-bond donors (Lipinski definition) is 9. The summed E-state index contributed by atoms with van der Waals surface area (Å²) < 4.78 is 33.5. The van der Waals surface area contributed by atoms with E-state index in [0.29, 0.717) is 23.7 Å². The van der Waals surface area contributed by atoms with Crippen molar-refractivity contribution < 1.29 is 44.1 Å². The average molecular weight is 1790 g/mol. The molecular weight excluding hydrogens is 1720 g/mol. The monoisotopic (exact) mass is 1790 g/mol. The van der Waals surface area contributed by atoms with E-state index in [4.69, 9.17) is 45.8 Å². The van der Waals surface area contributed by atoms with Gasteiger partial charge in [0.25, 0.3) is 27.8 Å². The first kappa shape index (κ1) is 80.1. The summed E-state index contributed by atoms with van der Waals surface area (Å²) in [7, 11) is 0. The van der Waals surface area contributed by atoms with E-state index in [1.54, 1.807) is 35.3 Å². The Morgan fingerprint density at radius 1 is 0.462 bits per heavy atom. The highest BCUT2D eigenvalue weighted by molar-refractivity contribution is 14.1. The standard InChI is InChI=1S/C13H17N5O3S.C12H14IN5O3S.C11H12IN5O4S.C11H13N5O5S.C11H12N2O4S/c1-3-13(16-17-14)8(2)12(5-7-22-12)10(21-13)18-6-4-9(19)15-11(18)20;1-7-11(3-5-22-11)9(21-12(7,6-13)16-17-14)18-4-2-8(19)15-10(18)20;12-5-11(15-16-13)7(19)10(2-4-22-10)8(21-11)17-3-1-6(18)14-9(17)20;12-15-14-11(5-17)7(19)10(2-4-22-10)8(21-11)16-3-1-6(18)13-9(16)20;1-6-8(15)11(3-5-18-11)9(17-6)13-4-2-7(14)12-10(13)16/h4,6,8,10H,3,5,7H2,1-2H3,(H,15,19,20);2,4,7,9H,3,5-6H2,1H3,(H,15,19,20);1,3,7-8,19H,2,4-5H2,(H,14,18,20);1,3,7-8,17,19H,2,4-5H2,(H,13,18,20);2,4,8-9,15H,1,3,5H2,(H,12,14,16)/t8-,10+,12+,13+;7-,9+,11+,12+;2*7-,8+,10+,11+;8-,9-,11-/m00001/s1. The third kappa shape index (κ3) is 13.5. The molecule has 10 aliphatic heterocycles. The number of thioether (sulfide) groups is 5. The van der Waals surface area contributed by atoms with Crippen LogP contribution in [0, 0.1) is 11.8 Å². The highest BCUT2D eigenvalue weighted by Crippen LogP contribution is 2.66. The third-order valence-corrected chi connectivity index (χ3v) is 31.1. The highest BCUT2D eigenvalue weighted by Gasteiger charge is 2.70. The Morgan fingerprint density at radius 2 is 0.726 bits per heavy atom. The molecule has 10 aliphatic rings. The first-order valence-corrected chi connectivity index (χ1v) is 40.3. The molecule has 15 heterocycles. The Labute approximate surface area is 642 Å². The van der Waals surface area contributed by atoms with E-state index in [1.807, 2.05) is 43.4 Å². The minimum atomic E-state index is -1.86. The van der Waals surface area contributed by atoms with Gasteiger partial charge in [-0.2, -0.15) is 0 Å². The van der Waals surface area contributed by atoms with Gasteiger partial charge in [-0.05, 0) is 89.4 Å². The number of rotatable bonds is 13. The molecule has 41 nitrogen and oxygen atoms in total. The van der Waals surface area contributed by atoms with Crippen molar-refractivity contribution in [3.8, 4) is 0 Å². The van der Waals surface area contributed by atoms with Gasteiger partial charge in [0.05, 0.1) is 25.6 Å². The van der Waals surface area contributed by atoms with Gasteiger partial charge in [0, 0.05) is 102 Å². The van der Waals surface area contributed by atoms with Crippen molar-refractivity contribution in [1.29, 1.82) is 0 Å². The second kappa shape index (κ2) is 31.2. The van der Waals surface area contributed by atoms with Crippen LogP contribution in [0.25, 0.3) is 41.8 Å². The second-order valence-corrected chi connectivity index (χ2v) is 34.5. The zero-order valence-corrected chi connectivity index (χ0v) is 64.4. The van der Waals surface area contributed by atoms with Crippen molar-refractivity contribution in [2.75, 3.05) is 44.2 Å². The average Bonchev–Trinajstić information content (AvgIpc) is 1.57. The molecule has 5 aromatic heterocycles. The van der Waals surface area contributed by atoms with Gasteiger partial charge in [0.1, 0.15) is 28.8 Å². The number of halogens is 2. The fraction of sp³-hybridized carbons (Fsp3) is 0.621. The Morgan fingerprint density at radius 3 is 1.02 bits per heavy atom. The maximum atomic E-state index is 12.1. The van der Waals surface area contributed by atoms with Crippen LogP contribution in [0.15, 0.2) is 142 Å². The quantitative estimate of drug-likeness (QED) is 0.0265. The number of nitrogens with one attached hydrogen (secondary N) is 5. The first-order chi connectivity index (χ1) is 50.5. The Hall–Kier alpha value is -6.93. The predicted molar refractivity (Wildman–Crippen MR) is 404 cm³/mol. The summed E-state index contributed by atoms with van der Waals surface area (Å²) in [6.07, 6.45) is 4.35. The zero-order chi connectivity index (χ0) is 76.7. The van der Waals surface area contributed by atoms with Gasteiger partial charge in [-0.15, -0.1) is 58.8 Å². The van der Waals surface area contributed by atoms with Crippen molar-refractivity contribution in [1.82, 2.24) is 47.8 Å². The summed E-state index contributed by atoms with van der Waals surface area (Å²) in [5.41, 5.74) is 24.7. The topological polar surface area (TPSA) is 596 Å². The molecule has 5 aromatic rings. The van der Waals surface area contributed by atoms with Gasteiger partial charge in [0.15, 0.2) is 54.0 Å². The number of aromatic nitrogens is 10. The lowest BCUT2D eigenvalue weighted by Crippen LogP contribution is -2.54. The maximum absolute atomic E-state index is 12.1. The molecule has 5 spiro atoms. The molecule has 0 unspecified atom stereocenters. The number of H-pyrrole nitrogens is 5. The number of nitrogens with zero attached hydrogens (tertiary/aromatic N) is 17. The summed E-state index contributed by atoms with van der Waals surface area (Å²) in [6, 6.07) is 6.22. The van der Waals surface area contributed by atoms with Gasteiger partial charge in [-0.3, -0.25) is 71.7 Å². The van der Waals surface area contributed by atoms with Gasteiger partial charge in [0.2, 0.25) is 0 Å². The summed E-state index contributed by atoms with van der Waals surface area (Å²) in [6.45, 7) is 8.84. The van der Waals surface area contributed by atoms with Crippen LogP contribution in [0.1, 0.15) is 90.4 Å². The number of aromatic amines is 5. The summed E-state index contributed by atoms with van der Waals surface area (Å²) in [4.78, 5) is 138. The van der Waals surface area contributed by atoms with E-state index in [9.17, 15) is 68.4 Å². The van der Waals surface area contributed by atoms with E-state index < -0.39 is 149 Å². The van der Waals surface area contributed by atoms with Crippen LogP contribution in [0.4, 0.5) is 0 Å². The predicted octanol–water partition coefficient (Wildman–Crippen LogP) is 3.87. The fourth-order valence-electron chi connectivity index (χ4n) is 14.6. The van der Waals surface area contributed by atoms with Crippen LogP contribution >= 0.6 is 104 Å². The largest absolute Gasteiger partial charge is 0.471 e. The van der Waals surface area contributed by atoms with Crippen LogP contribution < -0.4 is 56.2 Å². The number of aliphatic hydroxyl groups is 4. The smallest absolute Gasteiger partial charge is 0.331 e. The van der Waals surface area contributed by atoms with Crippen molar-refractivity contribution >= 4 is 104 Å². The van der Waals surface area contributed by atoms with E-state index >= 15 is 0 Å². The lowest BCUT2D eigenvalue weighted by Gasteiger charge is -2.45. The maximum Gasteiger partial charge on any atom is 0.331 e. The molecule has 0 aromatic carbocycles. The fourth-order valence-corrected chi connectivity index (χ4v) is 23.0. The van der Waals surface area contributed by atoms with Crippen LogP contribution in [-0.2, 0) is 23.7 Å². The molecular formula is C58H68I2N22O19S5. The minimum Gasteiger partial charge on any atom is -0.471 e. The van der Waals surface area contributed by atoms with Crippen LogP contribution in [-0.4, -0.2) is 177 Å². The summed E-state index contributed by atoms with van der Waals surface area (Å²) >= 11 is 11.9. The number of hydrogen-bond acceptors (Lipinski definition) is 28. The zero-order valence-electron chi connectivity index (χ0n) is 56.0. The Bertz CT molecular complexity index is 4560. The lowest BCUT2D eigenvalue weighted by atomic mass is 9.82. The SMILES string of the molecule is C=C1O[C@@H](n2ccc(=O)[nH]c2=O)[C@@]2(CCS2)[C@@H]1O.CC[C@@]1(N=[N+]=[N-])O[C@@H](n2ccc(=O)[nH]c2=O)[C@@]2(CCS2)[C@@H]1C.C[C@H]1[C@]2(CCS2)[C@H](n2ccc(=O)[nH]c2=O)O[C@@]1(CI)N=[N+]=[N-].[N-]=[N+]=N[C@]1(CI)O[C@@H](n2ccc(=O)[nH]c2=O)[C@@]2(CCS2)[C@@H]1O.[N-]=[N+]=N[C@]1(CO)O[C@@H](n2ccc(=O)[nH]c2=O)[C@@]2(CCS2)[C@@H]1O. The molecule has 0 radical (unpaired) electrons. The molecule has 0 bridgehead atoms. The Kier molecular flexibility index (Phi) is 23.6. The summed E-state index contributed by atoms with van der Waals surface area (Å²) in [5.74, 6) is 4.57. The van der Waals surface area contributed by atoms with E-state index in [0.717, 1.165) is 58.7 Å². The molecule has 19 atom stereocenters. The van der Waals surface area contributed by atoms with Crippen molar-refractivity contribution in [2.24, 2.45) is 32.3 Å². The van der Waals surface area contributed by atoms with Crippen molar-refractivity contribution in [3.63, 3.8) is 0 Å². The lowest BCUT2D eigenvalue weighted by molar-refractivity contribution is -0.124. The number of ether oxygens (including phenoxy) is 5. The highest BCUT2D eigenvalue weighted by atomic mass is 127. The van der Waals surface area contributed by atoms with Crippen molar-refractivity contribution in [2.45, 2.75) is 155 Å². The van der Waals surface area contributed by atoms with Gasteiger partial charge in [-0.1, -0.05) is 93.0 Å². The molecule has 15 rings (SSSR count). The Balaban J connectivity index is 0.000000132. The van der Waals surface area contributed by atoms with Gasteiger partial charge >= 0.3 is 28.4 Å². The van der Waals surface area contributed by atoms with Crippen LogP contribution in [0.2, 0.25) is 0 Å². The second-order valence-electron chi connectivity index (χ2n) is 25.7. The van der Waals surface area contributed by atoms with E-state index in [-0.39, 0.29) is 31.5 Å². The van der Waals surface area contributed by atoms with Crippen LogP contribution in [0.5, 0.6) is 0 Å². The van der Waals surface area contributed by atoms with Crippen LogP contribution in [0.3, 0.4) is 0 Å². The number of azide groups is 4. The third-order valence-electron chi connectivity index (χ3n) is 20.8. The molecule has 0 amide bonds. The minimum absolute atomic E-state index is 0.0384.